The van der Waals surface area contributed by atoms with Gasteiger partial charge >= 0.3 is 0 Å². The van der Waals surface area contributed by atoms with Crippen molar-refractivity contribution < 1.29 is 13.2 Å². The van der Waals surface area contributed by atoms with Gasteiger partial charge in [-0.05, 0) is 43.4 Å². The van der Waals surface area contributed by atoms with Crippen molar-refractivity contribution >= 4 is 44.8 Å². The van der Waals surface area contributed by atoms with Gasteiger partial charge in [-0.25, -0.2) is 8.42 Å². The minimum absolute atomic E-state index is 0.0366. The molecule has 0 saturated carbocycles. The first-order valence-electron chi connectivity index (χ1n) is 9.93. The molecule has 1 heterocycles. The van der Waals surface area contributed by atoms with Gasteiger partial charge in [0.15, 0.2) is 0 Å². The molecule has 0 radical (unpaired) electrons. The Morgan fingerprint density at radius 3 is 2.29 bits per heavy atom. The Bertz CT molecular complexity index is 1040. The normalized spacial score (nSPS) is 15.7. The smallest absolute Gasteiger partial charge is 0.241 e. The minimum Gasteiger partial charge on any atom is -0.396 e. The van der Waals surface area contributed by atoms with Gasteiger partial charge in [-0.15, -0.1) is 0 Å². The van der Waals surface area contributed by atoms with E-state index in [4.69, 9.17) is 28.9 Å². The Hall–Kier alpha value is -2.06. The lowest BCUT2D eigenvalue weighted by molar-refractivity contribution is -0.133. The molecule has 1 amide bonds. The summed E-state index contributed by atoms with van der Waals surface area (Å²) in [6.07, 6.45) is 2.29. The fourth-order valence-electron chi connectivity index (χ4n) is 3.42. The third-order valence-corrected chi connectivity index (χ3v) is 7.38. The third-order valence-electron chi connectivity index (χ3n) is 5.31. The van der Waals surface area contributed by atoms with Crippen LogP contribution in [0.3, 0.4) is 0 Å². The summed E-state index contributed by atoms with van der Waals surface area (Å²) in [5.41, 5.74) is 7.93. The van der Waals surface area contributed by atoms with Gasteiger partial charge < -0.3 is 10.6 Å². The molecule has 2 aromatic rings. The van der Waals surface area contributed by atoms with Crippen LogP contribution in [0.2, 0.25) is 10.0 Å². The zero-order valence-electron chi connectivity index (χ0n) is 17.0. The zero-order valence-corrected chi connectivity index (χ0v) is 19.3. The summed E-state index contributed by atoms with van der Waals surface area (Å²) in [5, 5.41) is 0.0733. The summed E-state index contributed by atoms with van der Waals surface area (Å²) in [6.45, 7) is 5.02. The largest absolute Gasteiger partial charge is 0.396 e. The molecule has 2 aromatic carbocycles. The van der Waals surface area contributed by atoms with E-state index in [1.807, 2.05) is 30.3 Å². The van der Waals surface area contributed by atoms with E-state index >= 15 is 0 Å². The highest BCUT2D eigenvalue weighted by atomic mass is 35.5. The Labute approximate surface area is 193 Å². The molecule has 1 aliphatic rings. The predicted octanol–water partition coefficient (Wildman–Crippen LogP) is 4.03. The van der Waals surface area contributed by atoms with Crippen LogP contribution in [-0.2, 0) is 21.2 Å². The maximum Gasteiger partial charge on any atom is 0.241 e. The summed E-state index contributed by atoms with van der Waals surface area (Å²) < 4.78 is 28.7. The van der Waals surface area contributed by atoms with Crippen molar-refractivity contribution in [3.63, 3.8) is 0 Å². The molecular weight excluding hydrogens is 457 g/mol. The first-order chi connectivity index (χ1) is 14.7. The number of carbonyl (C=O) groups is 1. The van der Waals surface area contributed by atoms with Crippen LogP contribution in [0, 0.1) is 0 Å². The van der Waals surface area contributed by atoms with Crippen molar-refractivity contribution in [2.75, 3.05) is 18.8 Å². The summed E-state index contributed by atoms with van der Waals surface area (Å²) in [4.78, 5) is 14.8. The second kappa shape index (κ2) is 10.0. The molecule has 1 atom stereocenters. The molecule has 0 spiro atoms. The van der Waals surface area contributed by atoms with Crippen LogP contribution in [0.15, 0.2) is 59.5 Å². The van der Waals surface area contributed by atoms with Crippen molar-refractivity contribution in [1.29, 1.82) is 0 Å². The van der Waals surface area contributed by atoms with Gasteiger partial charge in [0.25, 0.3) is 0 Å². The molecule has 1 aliphatic heterocycles. The number of rotatable bonds is 7. The molecule has 6 nitrogen and oxygen atoms in total. The van der Waals surface area contributed by atoms with E-state index in [1.54, 1.807) is 4.90 Å². The van der Waals surface area contributed by atoms with E-state index in [1.165, 1.54) is 12.1 Å². The van der Waals surface area contributed by atoms with Crippen molar-refractivity contribution in [2.24, 2.45) is 0 Å². The molecule has 0 bridgehead atoms. The molecule has 1 fully saturated rings. The summed E-state index contributed by atoms with van der Waals surface area (Å²) in [6, 6.07) is 11.1. The number of nitrogens with two attached hydrogens (primary N) is 1. The number of nitrogen functional groups attached to an aromatic ring is 1. The number of hydrogen-bond donors (Lipinski definition) is 2. The van der Waals surface area contributed by atoms with Crippen molar-refractivity contribution in [1.82, 2.24) is 9.62 Å². The summed E-state index contributed by atoms with van der Waals surface area (Å²) in [7, 11) is -4.06. The first kappa shape index (κ1) is 23.6. The number of benzene rings is 2. The topological polar surface area (TPSA) is 92.5 Å². The number of piperidine rings is 1. The monoisotopic (exact) mass is 481 g/mol. The maximum absolute atomic E-state index is 13.2. The number of aryl methyl sites for hydroxylation is 1. The fourth-order valence-corrected chi connectivity index (χ4v) is 5.32. The van der Waals surface area contributed by atoms with E-state index in [-0.39, 0.29) is 26.5 Å². The average Bonchev–Trinajstić information content (AvgIpc) is 2.75. The Morgan fingerprint density at radius 2 is 1.71 bits per heavy atom. The Kier molecular flexibility index (Phi) is 7.64. The molecule has 1 unspecified atom stereocenters. The highest BCUT2D eigenvalue weighted by Gasteiger charge is 2.30. The highest BCUT2D eigenvalue weighted by Crippen LogP contribution is 2.31. The molecule has 3 N–H and O–H groups in total. The van der Waals surface area contributed by atoms with E-state index in [0.29, 0.717) is 38.8 Å². The van der Waals surface area contributed by atoms with Crippen LogP contribution in [-0.4, -0.2) is 38.4 Å². The van der Waals surface area contributed by atoms with Crippen LogP contribution in [0.1, 0.15) is 24.8 Å². The lowest BCUT2D eigenvalue weighted by Crippen LogP contribution is -2.50. The number of nitrogens with zero attached hydrogens (tertiary/aromatic N) is 1. The molecular formula is C22H25Cl2N3O3S. The van der Waals surface area contributed by atoms with E-state index < -0.39 is 16.1 Å². The number of nitrogens with one attached hydrogen (secondary N) is 1. The summed E-state index contributed by atoms with van der Waals surface area (Å²) in [5.74, 6) is -0.250. The number of halogens is 2. The van der Waals surface area contributed by atoms with Gasteiger partial charge in [-0.1, -0.05) is 65.7 Å². The van der Waals surface area contributed by atoms with E-state index in [0.717, 1.165) is 11.1 Å². The number of likely N-dealkylation sites (tertiary alicyclic amines) is 1. The number of sulfonamides is 1. The third kappa shape index (κ3) is 6.01. The van der Waals surface area contributed by atoms with Gasteiger partial charge in [0.05, 0.1) is 20.6 Å². The van der Waals surface area contributed by atoms with E-state index in [9.17, 15) is 13.2 Å². The number of amides is 1. The van der Waals surface area contributed by atoms with E-state index in [2.05, 4.69) is 11.3 Å². The molecule has 0 aliphatic carbocycles. The van der Waals surface area contributed by atoms with Gasteiger partial charge in [0, 0.05) is 13.1 Å². The van der Waals surface area contributed by atoms with Crippen LogP contribution >= 0.6 is 23.2 Å². The zero-order chi connectivity index (χ0) is 22.6. The minimum atomic E-state index is -4.06. The quantitative estimate of drug-likeness (QED) is 0.460. The van der Waals surface area contributed by atoms with Gasteiger partial charge in [0.1, 0.15) is 6.04 Å². The maximum atomic E-state index is 13.2. The Balaban J connectivity index is 1.84. The standard InChI is InChI=1S/C22H25Cl2N3O3S/c1-15-9-11-27(12-10-15)22(28)20(8-7-16-5-3-2-4-6-16)26-31(29,30)17-13-18(23)21(25)19(24)14-17/h2-6,13-14,20,26H,1,7-12,25H2. The number of carbonyl (C=O) groups excluding carboxylic acids is 1. The average molecular weight is 482 g/mol. The predicted molar refractivity (Wildman–Crippen MR) is 125 cm³/mol. The molecule has 3 rings (SSSR count). The molecule has 9 heteroatoms. The van der Waals surface area contributed by atoms with Crippen LogP contribution < -0.4 is 10.5 Å². The lowest BCUT2D eigenvalue weighted by Gasteiger charge is -2.31. The molecule has 166 valence electrons. The first-order valence-corrected chi connectivity index (χ1v) is 12.2. The second-order valence-electron chi connectivity index (χ2n) is 7.57. The van der Waals surface area contributed by atoms with Gasteiger partial charge in [-0.2, -0.15) is 4.72 Å². The van der Waals surface area contributed by atoms with Crippen LogP contribution in [0.5, 0.6) is 0 Å². The lowest BCUT2D eigenvalue weighted by atomic mass is 10.0. The van der Waals surface area contributed by atoms with Crippen molar-refractivity contribution in [3.05, 3.63) is 70.2 Å². The molecule has 31 heavy (non-hydrogen) atoms. The van der Waals surface area contributed by atoms with Crippen molar-refractivity contribution in [3.8, 4) is 0 Å². The highest BCUT2D eigenvalue weighted by molar-refractivity contribution is 7.89. The molecule has 1 saturated heterocycles. The van der Waals surface area contributed by atoms with Gasteiger partial charge in [-0.3, -0.25) is 4.79 Å². The van der Waals surface area contributed by atoms with Crippen LogP contribution in [0.4, 0.5) is 5.69 Å². The fraction of sp³-hybridized carbons (Fsp3) is 0.318. The SMILES string of the molecule is C=C1CCN(C(=O)C(CCc2ccccc2)NS(=O)(=O)c2cc(Cl)c(N)c(Cl)c2)CC1. The summed E-state index contributed by atoms with van der Waals surface area (Å²) >= 11 is 12.0. The van der Waals surface area contributed by atoms with Crippen LogP contribution in [0.25, 0.3) is 0 Å². The molecule has 0 aromatic heterocycles. The van der Waals surface area contributed by atoms with Gasteiger partial charge in [0.2, 0.25) is 15.9 Å². The Morgan fingerprint density at radius 1 is 1.13 bits per heavy atom. The van der Waals surface area contributed by atoms with Crippen molar-refractivity contribution in [2.45, 2.75) is 36.6 Å². The number of anilines is 1. The second-order valence-corrected chi connectivity index (χ2v) is 10.1. The number of hydrogen-bond acceptors (Lipinski definition) is 4.